The van der Waals surface area contributed by atoms with Gasteiger partial charge in [-0.1, -0.05) is 32.9 Å². The molecule has 0 N–H and O–H groups in total. The molecule has 2 aromatic rings. The van der Waals surface area contributed by atoms with E-state index in [-0.39, 0.29) is 11.2 Å². The van der Waals surface area contributed by atoms with Crippen LogP contribution in [0.15, 0.2) is 44.9 Å². The molecule has 7 nitrogen and oxygen atoms in total. The summed E-state index contributed by atoms with van der Waals surface area (Å²) in [5.41, 5.74) is -0.835. The summed E-state index contributed by atoms with van der Waals surface area (Å²) in [5.74, 6) is 0.110. The van der Waals surface area contributed by atoms with Gasteiger partial charge < -0.3 is 8.75 Å². The molecule has 0 fully saturated rings. The minimum Gasteiger partial charge on any atom is -0.379 e. The van der Waals surface area contributed by atoms with E-state index in [0.29, 0.717) is 0 Å². The first kappa shape index (κ1) is 18.0. The molecular weight excluding hydrogens is 332 g/mol. The Kier molecular flexibility index (Phi) is 4.45. The summed E-state index contributed by atoms with van der Waals surface area (Å²) in [6, 6.07) is 6.66. The fourth-order valence-corrected chi connectivity index (χ4v) is 3.22. The molecule has 0 amide bonds. The van der Waals surface area contributed by atoms with Crippen LogP contribution < -0.4 is 15.4 Å². The third-order valence-electron chi connectivity index (χ3n) is 3.59. The highest BCUT2D eigenvalue weighted by atomic mass is 32.2. The van der Waals surface area contributed by atoms with Crippen LogP contribution in [0.3, 0.4) is 0 Å². The summed E-state index contributed by atoms with van der Waals surface area (Å²) < 4.78 is 31.7. The zero-order valence-electron chi connectivity index (χ0n) is 14.2. The molecule has 0 radical (unpaired) electrons. The summed E-state index contributed by atoms with van der Waals surface area (Å²) in [6.07, 6.45) is 0.966. The second-order valence-corrected chi connectivity index (χ2v) is 8.08. The van der Waals surface area contributed by atoms with Crippen molar-refractivity contribution < 1.29 is 12.6 Å². The van der Waals surface area contributed by atoms with E-state index in [9.17, 15) is 18.0 Å². The fourth-order valence-electron chi connectivity index (χ4n) is 2.13. The van der Waals surface area contributed by atoms with Gasteiger partial charge in [0.1, 0.15) is 5.75 Å². The highest BCUT2D eigenvalue weighted by molar-refractivity contribution is 7.87. The summed E-state index contributed by atoms with van der Waals surface area (Å²) >= 11 is 0. The minimum atomic E-state index is -4.36. The molecular formula is C16H20N2O5S. The van der Waals surface area contributed by atoms with E-state index in [1.54, 1.807) is 12.1 Å². The maximum Gasteiger partial charge on any atom is 0.346 e. The summed E-state index contributed by atoms with van der Waals surface area (Å²) in [4.78, 5) is 23.2. The van der Waals surface area contributed by atoms with Crippen LogP contribution in [0.1, 0.15) is 26.3 Å². The van der Waals surface area contributed by atoms with Gasteiger partial charge in [-0.2, -0.15) is 8.42 Å². The van der Waals surface area contributed by atoms with E-state index in [2.05, 4.69) is 0 Å². The van der Waals surface area contributed by atoms with Crippen LogP contribution in [-0.2, 0) is 29.6 Å². The first-order valence-corrected chi connectivity index (χ1v) is 8.66. The van der Waals surface area contributed by atoms with Crippen LogP contribution in [0.5, 0.6) is 5.75 Å². The Hall–Kier alpha value is -2.35. The van der Waals surface area contributed by atoms with Gasteiger partial charge in [0.15, 0.2) is 4.90 Å². The lowest BCUT2D eigenvalue weighted by Gasteiger charge is -2.19. The van der Waals surface area contributed by atoms with Gasteiger partial charge in [0.25, 0.3) is 5.56 Å². The first-order valence-electron chi connectivity index (χ1n) is 7.25. The molecule has 0 bridgehead atoms. The molecule has 24 heavy (non-hydrogen) atoms. The number of nitrogens with zero attached hydrogens (tertiary/aromatic N) is 2. The molecule has 1 aromatic heterocycles. The molecule has 0 unspecified atom stereocenters. The second kappa shape index (κ2) is 5.94. The molecule has 0 saturated carbocycles. The zero-order valence-corrected chi connectivity index (χ0v) is 15.0. The average Bonchev–Trinajstić information content (AvgIpc) is 2.47. The third kappa shape index (κ3) is 3.43. The van der Waals surface area contributed by atoms with Crippen LogP contribution in [-0.4, -0.2) is 17.6 Å². The number of rotatable bonds is 3. The topological polar surface area (TPSA) is 87.4 Å². The molecule has 1 heterocycles. The molecule has 0 atom stereocenters. The fraction of sp³-hybridized carbons (Fsp3) is 0.375. The van der Waals surface area contributed by atoms with Gasteiger partial charge in [-0.05, 0) is 23.1 Å². The number of hydrogen-bond acceptors (Lipinski definition) is 5. The van der Waals surface area contributed by atoms with Crippen molar-refractivity contribution in [2.45, 2.75) is 31.1 Å². The Morgan fingerprint density at radius 1 is 1.08 bits per heavy atom. The van der Waals surface area contributed by atoms with Crippen molar-refractivity contribution in [1.29, 1.82) is 0 Å². The Morgan fingerprint density at radius 2 is 1.71 bits per heavy atom. The monoisotopic (exact) mass is 352 g/mol. The van der Waals surface area contributed by atoms with Gasteiger partial charge in [-0.3, -0.25) is 9.36 Å². The maximum absolute atomic E-state index is 12.4. The van der Waals surface area contributed by atoms with E-state index in [1.807, 2.05) is 26.8 Å². The van der Waals surface area contributed by atoms with Gasteiger partial charge in [0, 0.05) is 20.3 Å². The summed E-state index contributed by atoms with van der Waals surface area (Å²) in [7, 11) is -1.79. The Bertz CT molecular complexity index is 994. The van der Waals surface area contributed by atoms with Crippen LogP contribution in [0, 0.1) is 0 Å². The molecule has 130 valence electrons. The van der Waals surface area contributed by atoms with Crippen molar-refractivity contribution in [3.8, 4) is 5.75 Å². The Balaban J connectivity index is 2.51. The van der Waals surface area contributed by atoms with Crippen molar-refractivity contribution in [3.05, 3.63) is 56.9 Å². The highest BCUT2D eigenvalue weighted by Gasteiger charge is 2.24. The maximum atomic E-state index is 12.4. The third-order valence-corrected chi connectivity index (χ3v) is 4.82. The predicted molar refractivity (Wildman–Crippen MR) is 89.9 cm³/mol. The van der Waals surface area contributed by atoms with Gasteiger partial charge in [0.2, 0.25) is 0 Å². The highest BCUT2D eigenvalue weighted by Crippen LogP contribution is 2.26. The van der Waals surface area contributed by atoms with Crippen molar-refractivity contribution in [1.82, 2.24) is 9.13 Å². The number of hydrogen-bond donors (Lipinski definition) is 0. The number of benzene rings is 1. The lowest BCUT2D eigenvalue weighted by atomic mass is 9.87. The van der Waals surface area contributed by atoms with Crippen molar-refractivity contribution in [2.75, 3.05) is 0 Å². The molecule has 0 saturated heterocycles. The molecule has 0 spiro atoms. The number of aromatic nitrogens is 2. The molecule has 0 aliphatic heterocycles. The van der Waals surface area contributed by atoms with Crippen LogP contribution in [0.4, 0.5) is 0 Å². The zero-order chi connectivity index (χ0) is 18.3. The van der Waals surface area contributed by atoms with E-state index in [0.717, 1.165) is 20.9 Å². The quantitative estimate of drug-likeness (QED) is 0.773. The van der Waals surface area contributed by atoms with Gasteiger partial charge in [0.05, 0.1) is 0 Å². The predicted octanol–water partition coefficient (Wildman–Crippen LogP) is 1.15. The van der Waals surface area contributed by atoms with Crippen LogP contribution >= 0.6 is 0 Å². The van der Waals surface area contributed by atoms with Gasteiger partial charge in [-0.15, -0.1) is 0 Å². The van der Waals surface area contributed by atoms with Crippen molar-refractivity contribution >= 4 is 10.1 Å². The second-order valence-electron chi connectivity index (χ2n) is 6.57. The molecule has 2 rings (SSSR count). The summed E-state index contributed by atoms with van der Waals surface area (Å²) in [5, 5.41) is 0. The van der Waals surface area contributed by atoms with Gasteiger partial charge in [-0.25, -0.2) is 4.79 Å². The van der Waals surface area contributed by atoms with Crippen molar-refractivity contribution in [2.24, 2.45) is 14.1 Å². The minimum absolute atomic E-state index is 0.110. The first-order chi connectivity index (χ1) is 10.9. The molecule has 0 aliphatic rings. The standard InChI is InChI=1S/C16H20N2O5S/c1-16(2,3)11-7-6-8-12(9-11)23-24(21,22)13-10-17(4)15(20)18(5)14(13)19/h6-10H,1-5H3. The Labute approximate surface area is 140 Å². The van der Waals surface area contributed by atoms with E-state index in [1.165, 1.54) is 20.2 Å². The summed E-state index contributed by atoms with van der Waals surface area (Å²) in [6.45, 7) is 5.97. The number of aryl methyl sites for hydroxylation is 1. The van der Waals surface area contributed by atoms with E-state index < -0.39 is 26.3 Å². The smallest absolute Gasteiger partial charge is 0.346 e. The normalized spacial score (nSPS) is 12.2. The molecule has 0 aliphatic carbocycles. The van der Waals surface area contributed by atoms with E-state index in [4.69, 9.17) is 4.18 Å². The van der Waals surface area contributed by atoms with Gasteiger partial charge >= 0.3 is 15.8 Å². The molecule has 1 aromatic carbocycles. The lowest BCUT2D eigenvalue weighted by Crippen LogP contribution is -2.39. The SMILES string of the molecule is Cn1cc(S(=O)(=O)Oc2cccc(C(C)(C)C)c2)c(=O)n(C)c1=O. The average molecular weight is 352 g/mol. The van der Waals surface area contributed by atoms with Crippen molar-refractivity contribution in [3.63, 3.8) is 0 Å². The Morgan fingerprint density at radius 3 is 2.29 bits per heavy atom. The van der Waals surface area contributed by atoms with Crippen LogP contribution in [0.25, 0.3) is 0 Å². The van der Waals surface area contributed by atoms with Crippen LogP contribution in [0.2, 0.25) is 0 Å². The molecule has 8 heteroatoms. The lowest BCUT2D eigenvalue weighted by molar-refractivity contribution is 0.478. The largest absolute Gasteiger partial charge is 0.379 e. The van der Waals surface area contributed by atoms with E-state index >= 15 is 0 Å².